The molecule has 2 aliphatic rings. The van der Waals surface area contributed by atoms with Crippen LogP contribution >= 0.6 is 0 Å². The highest BCUT2D eigenvalue weighted by Gasteiger charge is 2.57. The summed E-state index contributed by atoms with van der Waals surface area (Å²) in [4.78, 5) is 77.4. The summed E-state index contributed by atoms with van der Waals surface area (Å²) in [5.41, 5.74) is 0. The Hall–Kier alpha value is -3.38. The second-order valence-corrected chi connectivity index (χ2v) is 9.78. The number of likely N-dealkylation sites (N-methyl/N-ethyl adjacent to an activating group) is 1. The van der Waals surface area contributed by atoms with E-state index in [0.29, 0.717) is 0 Å². The third-order valence-corrected chi connectivity index (χ3v) is 6.24. The Morgan fingerprint density at radius 1 is 0.605 bits per heavy atom. The summed E-state index contributed by atoms with van der Waals surface area (Å²) in [6.07, 6.45) is -13.4. The van der Waals surface area contributed by atoms with Crippen LogP contribution in [-0.2, 0) is 76.2 Å². The Balaban J connectivity index is 2.64. The molecular weight excluding hydrogens is 582 g/mol. The maximum absolute atomic E-state index is 12.3. The van der Waals surface area contributed by atoms with Crippen LogP contribution < -0.4 is 0 Å². The summed E-state index contributed by atoms with van der Waals surface area (Å²) in [5.74, 6) is -4.60. The Bertz CT molecular complexity index is 1030. The summed E-state index contributed by atoms with van der Waals surface area (Å²) in [6.45, 7) is 7.75. The van der Waals surface area contributed by atoms with Crippen LogP contribution in [0.3, 0.4) is 0 Å². The summed E-state index contributed by atoms with van der Waals surface area (Å²) in [5, 5.41) is 1.18. The van der Waals surface area contributed by atoms with Crippen molar-refractivity contribution in [3.05, 3.63) is 0 Å². The first kappa shape index (κ1) is 35.8. The molecule has 17 nitrogen and oxygen atoms in total. The van der Waals surface area contributed by atoms with E-state index in [1.807, 2.05) is 0 Å². The molecule has 0 unspecified atom stereocenters. The molecule has 0 aliphatic carbocycles. The Morgan fingerprint density at radius 2 is 1.05 bits per heavy atom. The predicted molar refractivity (Wildman–Crippen MR) is 137 cm³/mol. The molecule has 17 heteroatoms. The Labute approximate surface area is 248 Å². The lowest BCUT2D eigenvalue weighted by atomic mass is 9.95. The number of nitrogens with zero attached hydrogens (tertiary/aromatic N) is 1. The van der Waals surface area contributed by atoms with E-state index in [0.717, 1.165) is 41.5 Å². The molecule has 0 aromatic rings. The average molecular weight is 622 g/mol. The fourth-order valence-corrected chi connectivity index (χ4v) is 4.67. The van der Waals surface area contributed by atoms with Gasteiger partial charge in [-0.3, -0.25) is 33.6 Å². The molecular formula is C26H39NO16. The second-order valence-electron chi connectivity index (χ2n) is 9.78. The van der Waals surface area contributed by atoms with Crippen molar-refractivity contribution in [1.82, 2.24) is 5.06 Å². The molecule has 0 bridgehead atoms. The van der Waals surface area contributed by atoms with E-state index in [9.17, 15) is 28.8 Å². The minimum Gasteiger partial charge on any atom is -0.463 e. The van der Waals surface area contributed by atoms with Crippen LogP contribution in [0.25, 0.3) is 0 Å². The summed E-state index contributed by atoms with van der Waals surface area (Å²) >= 11 is 0. The van der Waals surface area contributed by atoms with Gasteiger partial charge in [-0.15, -0.1) is 0 Å². The molecule has 0 saturated carbocycles. The van der Waals surface area contributed by atoms with Crippen LogP contribution in [0.1, 0.15) is 48.5 Å². The standard InChI is InChI=1S/C26H39NO16/c1-11-19(37-13(3)29)21(38-14(4)30)24(41-17(7)33)26(36-11)43-20-18(10-35-12(2)28)42-25(27(8)34-9)23(40-16(6)32)22(20)39-15(5)31/h11,18-26H,10H2,1-9H3/t11-,18+,19-,20+,21+,22-,23+,24+,25+,26-/m0/s1. The monoisotopic (exact) mass is 621 g/mol. The van der Waals surface area contributed by atoms with E-state index in [-0.39, 0.29) is 0 Å². The van der Waals surface area contributed by atoms with Gasteiger partial charge in [-0.1, -0.05) is 0 Å². The third kappa shape index (κ3) is 10.1. The van der Waals surface area contributed by atoms with Crippen molar-refractivity contribution in [3.8, 4) is 0 Å². The normalized spacial score (nSPS) is 32.2. The molecule has 2 saturated heterocycles. The van der Waals surface area contributed by atoms with Crippen LogP contribution in [0, 0.1) is 0 Å². The fraction of sp³-hybridized carbons (Fsp3) is 0.769. The van der Waals surface area contributed by atoms with Crippen LogP contribution in [0.15, 0.2) is 0 Å². The molecule has 0 amide bonds. The van der Waals surface area contributed by atoms with E-state index >= 15 is 0 Å². The van der Waals surface area contributed by atoms with Gasteiger partial charge in [0.25, 0.3) is 0 Å². The highest BCUT2D eigenvalue weighted by molar-refractivity contribution is 5.69. The number of carbonyl (C=O) groups excluding carboxylic acids is 6. The largest absolute Gasteiger partial charge is 0.463 e. The van der Waals surface area contributed by atoms with E-state index in [2.05, 4.69) is 0 Å². The minimum absolute atomic E-state index is 0.442. The molecule has 0 radical (unpaired) electrons. The van der Waals surface area contributed by atoms with E-state index in [1.165, 1.54) is 26.1 Å². The molecule has 2 fully saturated rings. The lowest BCUT2D eigenvalue weighted by Gasteiger charge is -2.49. The van der Waals surface area contributed by atoms with E-state index < -0.39 is 104 Å². The van der Waals surface area contributed by atoms with Crippen molar-refractivity contribution in [3.63, 3.8) is 0 Å². The number of carbonyl (C=O) groups is 6. The molecule has 0 aromatic heterocycles. The maximum atomic E-state index is 12.3. The van der Waals surface area contributed by atoms with E-state index in [4.69, 9.17) is 47.5 Å². The van der Waals surface area contributed by atoms with Crippen molar-refractivity contribution in [2.24, 2.45) is 0 Å². The van der Waals surface area contributed by atoms with Gasteiger partial charge in [0, 0.05) is 48.6 Å². The number of esters is 6. The van der Waals surface area contributed by atoms with Crippen LogP contribution in [-0.4, -0.2) is 123 Å². The first-order chi connectivity index (χ1) is 20.0. The van der Waals surface area contributed by atoms with Crippen molar-refractivity contribution < 1.29 is 76.2 Å². The van der Waals surface area contributed by atoms with Crippen LogP contribution in [0.4, 0.5) is 0 Å². The molecule has 0 aromatic carbocycles. The van der Waals surface area contributed by atoms with Crippen LogP contribution in [0.5, 0.6) is 0 Å². The van der Waals surface area contributed by atoms with Crippen molar-refractivity contribution >= 4 is 35.8 Å². The summed E-state index contributed by atoms with van der Waals surface area (Å²) in [7, 11) is 2.77. The molecule has 2 rings (SSSR count). The van der Waals surface area contributed by atoms with Crippen LogP contribution in [0.2, 0.25) is 0 Å². The van der Waals surface area contributed by atoms with Crippen molar-refractivity contribution in [1.29, 1.82) is 0 Å². The Morgan fingerprint density at radius 3 is 1.51 bits per heavy atom. The Kier molecular flexibility index (Phi) is 13.2. The minimum atomic E-state index is -1.57. The zero-order valence-corrected chi connectivity index (χ0v) is 25.5. The third-order valence-electron chi connectivity index (χ3n) is 6.24. The average Bonchev–Trinajstić information content (AvgIpc) is 2.87. The second kappa shape index (κ2) is 15.9. The molecule has 43 heavy (non-hydrogen) atoms. The van der Waals surface area contributed by atoms with Gasteiger partial charge in [0.1, 0.15) is 18.8 Å². The van der Waals surface area contributed by atoms with Gasteiger partial charge >= 0.3 is 35.8 Å². The maximum Gasteiger partial charge on any atom is 0.303 e. The molecule has 2 aliphatic heterocycles. The van der Waals surface area contributed by atoms with Gasteiger partial charge in [0.15, 0.2) is 43.0 Å². The number of rotatable bonds is 11. The first-order valence-corrected chi connectivity index (χ1v) is 13.3. The number of hydrogen-bond acceptors (Lipinski definition) is 17. The first-order valence-electron chi connectivity index (χ1n) is 13.3. The van der Waals surface area contributed by atoms with Crippen molar-refractivity contribution in [2.45, 2.75) is 110 Å². The number of ether oxygens (including phenoxy) is 9. The zero-order chi connectivity index (χ0) is 32.6. The quantitative estimate of drug-likeness (QED) is 0.163. The lowest BCUT2D eigenvalue weighted by Crippen LogP contribution is -2.68. The summed E-state index contributed by atoms with van der Waals surface area (Å²) < 4.78 is 50.7. The number of hydroxylamine groups is 2. The molecule has 0 N–H and O–H groups in total. The molecule has 2 heterocycles. The topological polar surface area (TPSA) is 198 Å². The van der Waals surface area contributed by atoms with Gasteiger partial charge in [0.2, 0.25) is 0 Å². The lowest BCUT2D eigenvalue weighted by molar-refractivity contribution is -0.363. The molecule has 10 atom stereocenters. The molecule has 244 valence electrons. The van der Waals surface area contributed by atoms with Gasteiger partial charge in [-0.05, 0) is 6.92 Å². The number of hydrogen-bond donors (Lipinski definition) is 0. The highest BCUT2D eigenvalue weighted by Crippen LogP contribution is 2.35. The fourth-order valence-electron chi connectivity index (χ4n) is 4.67. The SMILES string of the molecule is CON(C)[C@@H]1O[C@H](COC(C)=O)[C@@H](O[C@@H]2O[C@@H](C)[C@H](OC(C)=O)[C@@H](OC(C)=O)[C@H]2OC(C)=O)[C@H](OC(C)=O)[C@H]1OC(C)=O. The van der Waals surface area contributed by atoms with Gasteiger partial charge < -0.3 is 42.6 Å². The van der Waals surface area contributed by atoms with Gasteiger partial charge in [0.05, 0.1) is 13.2 Å². The summed E-state index contributed by atoms with van der Waals surface area (Å²) in [6, 6.07) is 0. The molecule has 0 spiro atoms. The van der Waals surface area contributed by atoms with Crippen molar-refractivity contribution in [2.75, 3.05) is 20.8 Å². The van der Waals surface area contributed by atoms with Gasteiger partial charge in [-0.25, -0.2) is 0 Å². The van der Waals surface area contributed by atoms with E-state index in [1.54, 1.807) is 0 Å². The highest BCUT2D eigenvalue weighted by atomic mass is 16.8. The van der Waals surface area contributed by atoms with Gasteiger partial charge in [-0.2, -0.15) is 5.06 Å². The zero-order valence-electron chi connectivity index (χ0n) is 25.5. The smallest absolute Gasteiger partial charge is 0.303 e. The predicted octanol–water partition coefficient (Wildman–Crippen LogP) is -0.444.